The van der Waals surface area contributed by atoms with Crippen LogP contribution < -0.4 is 24.6 Å². The van der Waals surface area contributed by atoms with Crippen LogP contribution >= 0.6 is 0 Å². The number of hydrogen-bond donors (Lipinski definition) is 1. The minimum absolute atomic E-state index is 0.202. The smallest absolute Gasteiger partial charge is 0.308 e. The number of methoxy groups -OCH3 is 2. The Balaban J connectivity index is 1.77. The van der Waals surface area contributed by atoms with E-state index in [1.165, 1.54) is 31.4 Å². The van der Waals surface area contributed by atoms with Crippen LogP contribution in [0.2, 0.25) is 0 Å². The summed E-state index contributed by atoms with van der Waals surface area (Å²) < 4.78 is 16.6. The van der Waals surface area contributed by atoms with Gasteiger partial charge in [-0.05, 0) is 48.5 Å². The number of anilines is 3. The van der Waals surface area contributed by atoms with Gasteiger partial charge < -0.3 is 14.2 Å². The van der Waals surface area contributed by atoms with Crippen molar-refractivity contribution in [1.29, 1.82) is 0 Å². The Hall–Kier alpha value is -6.25. The summed E-state index contributed by atoms with van der Waals surface area (Å²) in [4.78, 5) is 43.4. The van der Waals surface area contributed by atoms with Gasteiger partial charge in [-0.15, -0.1) is 0 Å². The lowest BCUT2D eigenvalue weighted by Crippen LogP contribution is -2.25. The van der Waals surface area contributed by atoms with Crippen molar-refractivity contribution in [3.8, 4) is 23.0 Å². The first-order valence-electron chi connectivity index (χ1n) is 11.9. The summed E-state index contributed by atoms with van der Waals surface area (Å²) >= 11 is 0. The predicted octanol–water partition coefficient (Wildman–Crippen LogP) is 6.20. The highest BCUT2D eigenvalue weighted by molar-refractivity contribution is 5.81. The first-order chi connectivity index (χ1) is 20.2. The molecule has 0 saturated carbocycles. The molecule has 4 aromatic carbocycles. The van der Waals surface area contributed by atoms with Crippen LogP contribution in [-0.4, -0.2) is 35.3 Å². The van der Waals surface area contributed by atoms with Gasteiger partial charge in [0.05, 0.1) is 52.5 Å². The number of nitrogens with one attached hydrogen (secondary N) is 1. The lowest BCUT2D eigenvalue weighted by atomic mass is 10.2. The number of rotatable bonds is 12. The molecule has 4 rings (SSSR count). The van der Waals surface area contributed by atoms with Crippen LogP contribution in [0.5, 0.6) is 23.0 Å². The first kappa shape index (κ1) is 28.8. The second kappa shape index (κ2) is 12.3. The quantitative estimate of drug-likeness (QED) is 0.114. The van der Waals surface area contributed by atoms with Gasteiger partial charge in [-0.3, -0.25) is 45.6 Å². The maximum absolute atomic E-state index is 11.8. The molecule has 0 aromatic heterocycles. The molecule has 4 aromatic rings. The molecule has 0 radical (unpaired) electrons. The zero-order valence-corrected chi connectivity index (χ0v) is 22.0. The lowest BCUT2D eigenvalue weighted by molar-refractivity contribution is -0.401. The van der Waals surface area contributed by atoms with Crippen molar-refractivity contribution < 1.29 is 33.8 Å². The number of para-hydroxylation sites is 1. The van der Waals surface area contributed by atoms with Crippen molar-refractivity contribution in [1.82, 2.24) is 0 Å². The number of ether oxygens (including phenoxy) is 3. The summed E-state index contributed by atoms with van der Waals surface area (Å²) in [5, 5.41) is 36.3. The van der Waals surface area contributed by atoms with Gasteiger partial charge >= 0.3 is 11.4 Å². The van der Waals surface area contributed by atoms with E-state index < -0.39 is 37.5 Å². The zero-order chi connectivity index (χ0) is 30.4. The van der Waals surface area contributed by atoms with E-state index in [0.717, 1.165) is 0 Å². The van der Waals surface area contributed by atoms with E-state index in [0.29, 0.717) is 41.1 Å². The van der Waals surface area contributed by atoms with Gasteiger partial charge in [-0.2, -0.15) is 0 Å². The van der Waals surface area contributed by atoms with Gasteiger partial charge in [0.1, 0.15) is 12.0 Å². The SMILES string of the molecule is COc1cc(C=O)cc(OC)c1Oc1ccc(N(Nc2c([N+](=O)[O-])cc([N+](=O)[O-])cc2[N+](=O)[O-])c2ccccc2)cc1. The summed E-state index contributed by atoms with van der Waals surface area (Å²) in [6.45, 7) is 0. The second-order valence-corrected chi connectivity index (χ2v) is 8.38. The monoisotopic (exact) mass is 575 g/mol. The van der Waals surface area contributed by atoms with E-state index in [1.54, 1.807) is 54.6 Å². The Morgan fingerprint density at radius 3 is 1.71 bits per heavy atom. The summed E-state index contributed by atoms with van der Waals surface area (Å²) in [6.07, 6.45) is 0.633. The Kier molecular flexibility index (Phi) is 8.41. The van der Waals surface area contributed by atoms with Crippen molar-refractivity contribution in [2.45, 2.75) is 0 Å². The number of non-ortho nitro benzene ring substituents is 1. The number of nitro benzene ring substituents is 3. The number of nitrogens with zero attached hydrogens (tertiary/aromatic N) is 4. The molecule has 0 bridgehead atoms. The number of nitro groups is 3. The number of hydrazine groups is 1. The number of aldehydes is 1. The van der Waals surface area contributed by atoms with Crippen LogP contribution in [0.15, 0.2) is 78.9 Å². The van der Waals surface area contributed by atoms with Crippen molar-refractivity contribution in [3.05, 3.63) is 115 Å². The third kappa shape index (κ3) is 5.99. The fourth-order valence-corrected chi connectivity index (χ4v) is 3.92. The molecule has 0 atom stereocenters. The highest BCUT2D eigenvalue weighted by Gasteiger charge is 2.32. The van der Waals surface area contributed by atoms with Crippen molar-refractivity contribution in [2.24, 2.45) is 0 Å². The van der Waals surface area contributed by atoms with Gasteiger partial charge in [0, 0.05) is 5.56 Å². The van der Waals surface area contributed by atoms with Gasteiger partial charge in [-0.1, -0.05) is 18.2 Å². The second-order valence-electron chi connectivity index (χ2n) is 8.38. The van der Waals surface area contributed by atoms with Gasteiger partial charge in [0.15, 0.2) is 11.5 Å². The summed E-state index contributed by atoms with van der Waals surface area (Å²) in [5.41, 5.74) is 0.714. The summed E-state index contributed by atoms with van der Waals surface area (Å²) in [7, 11) is 2.80. The van der Waals surface area contributed by atoms with Gasteiger partial charge in [-0.25, -0.2) is 0 Å². The highest BCUT2D eigenvalue weighted by Crippen LogP contribution is 2.43. The van der Waals surface area contributed by atoms with Crippen LogP contribution in [0.25, 0.3) is 0 Å². The van der Waals surface area contributed by atoms with Crippen LogP contribution in [0.4, 0.5) is 34.1 Å². The number of carbonyl (C=O) groups is 1. The Morgan fingerprint density at radius 2 is 1.26 bits per heavy atom. The number of hydrogen-bond acceptors (Lipinski definition) is 12. The molecule has 0 spiro atoms. The van der Waals surface area contributed by atoms with Crippen molar-refractivity contribution in [2.75, 3.05) is 24.7 Å². The first-order valence-corrected chi connectivity index (χ1v) is 11.9. The molecule has 15 heteroatoms. The van der Waals surface area contributed by atoms with E-state index in [2.05, 4.69) is 5.43 Å². The Morgan fingerprint density at radius 1 is 0.738 bits per heavy atom. The molecule has 0 aliphatic heterocycles. The standard InChI is InChI=1S/C27H21N5O10/c1-40-24-12-17(16-33)13-25(41-2)27(24)42-21-10-8-19(9-11-21)29(18-6-4-3-5-7-18)28-26-22(31(36)37)14-20(30(34)35)15-23(26)32(38)39/h3-16,28H,1-2H3. The number of benzene rings is 4. The Labute approximate surface area is 236 Å². The fourth-order valence-electron chi connectivity index (χ4n) is 3.92. The molecule has 1 N–H and O–H groups in total. The predicted molar refractivity (Wildman–Crippen MR) is 150 cm³/mol. The molecule has 0 aliphatic carbocycles. The summed E-state index contributed by atoms with van der Waals surface area (Å²) in [5.74, 6) is 1.000. The van der Waals surface area contributed by atoms with Gasteiger partial charge in [0.2, 0.25) is 11.4 Å². The average molecular weight is 575 g/mol. The molecular formula is C27H21N5O10. The molecular weight excluding hydrogens is 554 g/mol. The van der Waals surface area contributed by atoms with E-state index >= 15 is 0 Å². The van der Waals surface area contributed by atoms with Crippen LogP contribution in [0, 0.1) is 30.3 Å². The fraction of sp³-hybridized carbons (Fsp3) is 0.0741. The number of carbonyl (C=O) groups excluding carboxylic acids is 1. The van der Waals surface area contributed by atoms with Crippen molar-refractivity contribution in [3.63, 3.8) is 0 Å². The Bertz CT molecular complexity index is 1600. The third-order valence-corrected chi connectivity index (χ3v) is 5.86. The molecule has 0 unspecified atom stereocenters. The average Bonchev–Trinajstić information content (AvgIpc) is 3.00. The normalized spacial score (nSPS) is 10.3. The van der Waals surface area contributed by atoms with Gasteiger partial charge in [0.25, 0.3) is 5.69 Å². The third-order valence-electron chi connectivity index (χ3n) is 5.86. The minimum atomic E-state index is -0.950. The van der Waals surface area contributed by atoms with E-state index in [-0.39, 0.29) is 17.2 Å². The highest BCUT2D eigenvalue weighted by atomic mass is 16.6. The molecule has 214 valence electrons. The van der Waals surface area contributed by atoms with E-state index in [4.69, 9.17) is 14.2 Å². The molecule has 0 amide bonds. The summed E-state index contributed by atoms with van der Waals surface area (Å²) in [6, 6.07) is 18.9. The van der Waals surface area contributed by atoms with Crippen LogP contribution in [-0.2, 0) is 0 Å². The molecule has 15 nitrogen and oxygen atoms in total. The van der Waals surface area contributed by atoms with Crippen LogP contribution in [0.1, 0.15) is 10.4 Å². The zero-order valence-electron chi connectivity index (χ0n) is 22.0. The topological polar surface area (TPSA) is 189 Å². The molecule has 0 aliphatic rings. The van der Waals surface area contributed by atoms with E-state index in [1.807, 2.05) is 0 Å². The maximum atomic E-state index is 11.8. The van der Waals surface area contributed by atoms with E-state index in [9.17, 15) is 35.1 Å². The maximum Gasteiger partial charge on any atom is 0.308 e. The van der Waals surface area contributed by atoms with Crippen molar-refractivity contribution >= 4 is 40.4 Å². The molecule has 42 heavy (non-hydrogen) atoms. The molecule has 0 saturated heterocycles. The minimum Gasteiger partial charge on any atom is -0.493 e. The van der Waals surface area contributed by atoms with Crippen LogP contribution in [0.3, 0.4) is 0 Å². The largest absolute Gasteiger partial charge is 0.493 e. The molecule has 0 heterocycles. The molecule has 0 fully saturated rings. The lowest BCUT2D eigenvalue weighted by Gasteiger charge is -2.26.